The van der Waals surface area contributed by atoms with Gasteiger partial charge in [-0.05, 0) is 31.7 Å². The summed E-state index contributed by atoms with van der Waals surface area (Å²) in [6.45, 7) is 9.25. The highest BCUT2D eigenvalue weighted by atomic mass is 14.5. The van der Waals surface area contributed by atoms with Crippen molar-refractivity contribution in [1.82, 2.24) is 0 Å². The van der Waals surface area contributed by atoms with E-state index in [1.165, 1.54) is 24.8 Å². The van der Waals surface area contributed by atoms with Crippen LogP contribution in [0.3, 0.4) is 0 Å². The maximum absolute atomic E-state index is 5.46. The zero-order valence-electron chi connectivity index (χ0n) is 7.90. The maximum atomic E-state index is 5.46. The zero-order valence-corrected chi connectivity index (χ0v) is 7.90. The van der Waals surface area contributed by atoms with Crippen LogP contribution in [0.15, 0.2) is 12.2 Å². The van der Waals surface area contributed by atoms with Crippen molar-refractivity contribution >= 4 is 0 Å². The lowest BCUT2D eigenvalue weighted by Gasteiger charge is -2.15. The van der Waals surface area contributed by atoms with Crippen molar-refractivity contribution in [2.24, 2.45) is 11.7 Å². The molecule has 0 spiro atoms. The lowest BCUT2D eigenvalue weighted by atomic mass is 9.91. The van der Waals surface area contributed by atoms with Gasteiger partial charge in [0, 0.05) is 0 Å². The molecule has 2 N–H and O–H groups in total. The molecule has 0 aliphatic rings. The normalized spacial score (nSPS) is 13.0. The van der Waals surface area contributed by atoms with Crippen molar-refractivity contribution in [1.29, 1.82) is 0 Å². The highest BCUT2D eigenvalue weighted by Gasteiger charge is 2.07. The summed E-state index contributed by atoms with van der Waals surface area (Å²) in [5, 5.41) is 0. The number of rotatable bonds is 6. The third-order valence-corrected chi connectivity index (χ3v) is 2.17. The fraction of sp³-hybridized carbons (Fsp3) is 0.800. The number of hydrogen-bond donors (Lipinski definition) is 1. The Bertz CT molecular complexity index is 107. The van der Waals surface area contributed by atoms with Crippen molar-refractivity contribution < 1.29 is 0 Å². The predicted molar refractivity (Wildman–Crippen MR) is 51.5 cm³/mol. The Balaban J connectivity index is 3.71. The van der Waals surface area contributed by atoms with E-state index >= 15 is 0 Å². The van der Waals surface area contributed by atoms with Crippen LogP contribution in [-0.4, -0.2) is 6.54 Å². The fourth-order valence-electron chi connectivity index (χ4n) is 1.43. The van der Waals surface area contributed by atoms with Gasteiger partial charge < -0.3 is 5.73 Å². The lowest BCUT2D eigenvalue weighted by molar-refractivity contribution is 0.520. The fourth-order valence-corrected chi connectivity index (χ4v) is 1.43. The van der Waals surface area contributed by atoms with Crippen LogP contribution in [0, 0.1) is 5.92 Å². The molecule has 0 rings (SSSR count). The molecule has 0 radical (unpaired) electrons. The van der Waals surface area contributed by atoms with Crippen LogP contribution in [0.5, 0.6) is 0 Å². The largest absolute Gasteiger partial charge is 0.330 e. The minimum atomic E-state index is 0.712. The van der Waals surface area contributed by atoms with E-state index in [2.05, 4.69) is 20.4 Å². The molecular formula is C10H21N. The van der Waals surface area contributed by atoms with Gasteiger partial charge >= 0.3 is 0 Å². The van der Waals surface area contributed by atoms with Gasteiger partial charge in [-0.25, -0.2) is 0 Å². The summed E-state index contributed by atoms with van der Waals surface area (Å²) in [5.41, 5.74) is 6.80. The Labute approximate surface area is 70.7 Å². The molecule has 1 atom stereocenters. The molecule has 1 nitrogen and oxygen atoms in total. The van der Waals surface area contributed by atoms with Crippen LogP contribution in [0.2, 0.25) is 0 Å². The minimum Gasteiger partial charge on any atom is -0.330 e. The molecule has 0 saturated carbocycles. The molecule has 0 aromatic carbocycles. The summed E-state index contributed by atoms with van der Waals surface area (Å²) in [7, 11) is 0. The first-order valence-electron chi connectivity index (χ1n) is 4.63. The van der Waals surface area contributed by atoms with Gasteiger partial charge in [0.2, 0.25) is 0 Å². The first-order chi connectivity index (χ1) is 5.26. The smallest absolute Gasteiger partial charge is 0.00399 e. The van der Waals surface area contributed by atoms with E-state index in [4.69, 9.17) is 5.73 Å². The van der Waals surface area contributed by atoms with E-state index in [1.54, 1.807) is 0 Å². The van der Waals surface area contributed by atoms with E-state index in [0.717, 1.165) is 13.0 Å². The summed E-state index contributed by atoms with van der Waals surface area (Å²) < 4.78 is 0. The van der Waals surface area contributed by atoms with Crippen molar-refractivity contribution in [3.8, 4) is 0 Å². The molecule has 1 heteroatoms. The topological polar surface area (TPSA) is 26.0 Å². The molecule has 0 saturated heterocycles. The second kappa shape index (κ2) is 6.41. The molecule has 0 fully saturated rings. The number of nitrogens with two attached hydrogens (primary N) is 1. The third kappa shape index (κ3) is 4.20. The maximum Gasteiger partial charge on any atom is -0.00399 e. The molecule has 0 bridgehead atoms. The van der Waals surface area contributed by atoms with E-state index < -0.39 is 0 Å². The highest BCUT2D eigenvalue weighted by molar-refractivity contribution is 5.00. The van der Waals surface area contributed by atoms with Crippen molar-refractivity contribution in [3.63, 3.8) is 0 Å². The molecule has 0 aliphatic heterocycles. The van der Waals surface area contributed by atoms with Gasteiger partial charge in [-0.3, -0.25) is 0 Å². The molecular weight excluding hydrogens is 134 g/mol. The Morgan fingerprint density at radius 1 is 1.45 bits per heavy atom. The molecule has 0 heterocycles. The van der Waals surface area contributed by atoms with Gasteiger partial charge in [-0.1, -0.05) is 32.4 Å². The predicted octanol–water partition coefficient (Wildman–Crippen LogP) is 2.72. The lowest BCUT2D eigenvalue weighted by Crippen LogP contribution is -2.07. The summed E-state index contributed by atoms with van der Waals surface area (Å²) in [6.07, 6.45) is 4.74. The summed E-state index contributed by atoms with van der Waals surface area (Å²) in [4.78, 5) is 0. The van der Waals surface area contributed by atoms with Gasteiger partial charge in [0.25, 0.3) is 0 Å². The summed E-state index contributed by atoms with van der Waals surface area (Å²) in [6, 6.07) is 0. The average molecular weight is 155 g/mol. The summed E-state index contributed by atoms with van der Waals surface area (Å²) >= 11 is 0. The Kier molecular flexibility index (Phi) is 6.24. The van der Waals surface area contributed by atoms with E-state index in [1.807, 2.05) is 0 Å². The van der Waals surface area contributed by atoms with Gasteiger partial charge in [0.15, 0.2) is 0 Å². The first-order valence-corrected chi connectivity index (χ1v) is 4.63. The standard InChI is InChI=1S/C10H21N/c1-4-6-10(5-2)9(3)7-8-11/h10H,3-8,11H2,1-2H3. The van der Waals surface area contributed by atoms with Crippen LogP contribution in [0.4, 0.5) is 0 Å². The quantitative estimate of drug-likeness (QED) is 0.586. The molecule has 0 amide bonds. The SMILES string of the molecule is C=C(CCN)C(CC)CCC. The van der Waals surface area contributed by atoms with Gasteiger partial charge in [-0.15, -0.1) is 0 Å². The highest BCUT2D eigenvalue weighted by Crippen LogP contribution is 2.20. The first kappa shape index (κ1) is 10.7. The number of hydrogen-bond acceptors (Lipinski definition) is 1. The molecule has 0 aliphatic carbocycles. The molecule has 0 aromatic heterocycles. The zero-order chi connectivity index (χ0) is 8.69. The Hall–Kier alpha value is -0.300. The molecule has 1 unspecified atom stereocenters. The molecule has 0 aromatic rings. The minimum absolute atomic E-state index is 0.712. The second-order valence-corrected chi connectivity index (χ2v) is 3.09. The van der Waals surface area contributed by atoms with Crippen molar-refractivity contribution in [2.75, 3.05) is 6.54 Å². The third-order valence-electron chi connectivity index (χ3n) is 2.17. The van der Waals surface area contributed by atoms with Crippen LogP contribution in [0.1, 0.15) is 39.5 Å². The van der Waals surface area contributed by atoms with Gasteiger partial charge in [-0.2, -0.15) is 0 Å². The van der Waals surface area contributed by atoms with Gasteiger partial charge in [0.05, 0.1) is 0 Å². The van der Waals surface area contributed by atoms with Crippen LogP contribution >= 0.6 is 0 Å². The van der Waals surface area contributed by atoms with Gasteiger partial charge in [0.1, 0.15) is 0 Å². The average Bonchev–Trinajstić information content (AvgIpc) is 2.00. The van der Waals surface area contributed by atoms with Crippen LogP contribution in [0.25, 0.3) is 0 Å². The summed E-state index contributed by atoms with van der Waals surface area (Å²) in [5.74, 6) is 0.712. The van der Waals surface area contributed by atoms with E-state index in [-0.39, 0.29) is 0 Å². The molecule has 11 heavy (non-hydrogen) atoms. The Morgan fingerprint density at radius 3 is 2.45 bits per heavy atom. The molecule has 66 valence electrons. The van der Waals surface area contributed by atoms with E-state index in [0.29, 0.717) is 5.92 Å². The van der Waals surface area contributed by atoms with Crippen LogP contribution in [-0.2, 0) is 0 Å². The monoisotopic (exact) mass is 155 g/mol. The Morgan fingerprint density at radius 2 is 2.09 bits per heavy atom. The van der Waals surface area contributed by atoms with Crippen molar-refractivity contribution in [2.45, 2.75) is 39.5 Å². The van der Waals surface area contributed by atoms with Crippen molar-refractivity contribution in [3.05, 3.63) is 12.2 Å². The van der Waals surface area contributed by atoms with E-state index in [9.17, 15) is 0 Å². The van der Waals surface area contributed by atoms with Crippen LogP contribution < -0.4 is 5.73 Å². The second-order valence-electron chi connectivity index (χ2n) is 3.09.